The minimum atomic E-state index is -1.29. The maximum absolute atomic E-state index is 13.6. The Morgan fingerprint density at radius 3 is 2.30 bits per heavy atom. The molecule has 250 valence electrons. The smallest absolute Gasteiger partial charge is 0.312 e. The lowest BCUT2D eigenvalue weighted by molar-refractivity contribution is -0.308. The van der Waals surface area contributed by atoms with Gasteiger partial charge in [-0.3, -0.25) is 4.79 Å². The molecule has 8 heteroatoms. The third kappa shape index (κ3) is 4.19. The van der Waals surface area contributed by atoms with Crippen LogP contribution in [0.4, 0.5) is 0 Å². The summed E-state index contributed by atoms with van der Waals surface area (Å²) in [7, 11) is 1.50. The normalized spacial score (nSPS) is 55.0. The van der Waals surface area contributed by atoms with E-state index in [2.05, 4.69) is 47.6 Å². The summed E-state index contributed by atoms with van der Waals surface area (Å²) in [5.41, 5.74) is -0.632. The highest BCUT2D eigenvalue weighted by Crippen LogP contribution is 2.76. The Hall–Kier alpha value is -1.03. The second-order valence-corrected chi connectivity index (χ2v) is 17.3. The summed E-state index contributed by atoms with van der Waals surface area (Å²) < 4.78 is 17.6. The van der Waals surface area contributed by atoms with Crippen molar-refractivity contribution < 1.29 is 39.4 Å². The fourth-order valence-electron chi connectivity index (χ4n) is 12.3. The fourth-order valence-corrected chi connectivity index (χ4v) is 12.3. The number of hydrogen-bond acceptors (Lipinski definition) is 8. The van der Waals surface area contributed by atoms with Crippen LogP contribution in [-0.4, -0.2) is 76.4 Å². The zero-order valence-corrected chi connectivity index (χ0v) is 28.3. The van der Waals surface area contributed by atoms with Gasteiger partial charge in [0.25, 0.3) is 0 Å². The van der Waals surface area contributed by atoms with Gasteiger partial charge in [0.1, 0.15) is 18.3 Å². The number of methoxy groups -OCH3 is 1. The number of aliphatic hydroxyl groups excluding tert-OH is 3. The molecule has 0 aromatic carbocycles. The van der Waals surface area contributed by atoms with Crippen LogP contribution in [0.2, 0.25) is 0 Å². The van der Waals surface area contributed by atoms with Crippen LogP contribution in [0.5, 0.6) is 0 Å². The first-order chi connectivity index (χ1) is 20.4. The molecule has 4 N–H and O–H groups in total. The molecule has 6 aliphatic rings. The molecule has 5 fully saturated rings. The Morgan fingerprint density at radius 1 is 0.909 bits per heavy atom. The average molecular weight is 619 g/mol. The zero-order chi connectivity index (χ0) is 32.3. The molecule has 6 rings (SSSR count). The van der Waals surface area contributed by atoms with Crippen molar-refractivity contribution in [2.24, 2.45) is 50.7 Å². The van der Waals surface area contributed by atoms with Crippen LogP contribution in [0, 0.1) is 50.7 Å². The highest BCUT2D eigenvalue weighted by molar-refractivity contribution is 5.79. The van der Waals surface area contributed by atoms with E-state index >= 15 is 0 Å². The Bertz CT molecular complexity index is 1180. The highest BCUT2D eigenvalue weighted by Gasteiger charge is 2.71. The maximum Gasteiger partial charge on any atom is 0.312 e. The monoisotopic (exact) mass is 618 g/mol. The van der Waals surface area contributed by atoms with Crippen molar-refractivity contribution in [1.82, 2.24) is 0 Å². The summed E-state index contributed by atoms with van der Waals surface area (Å²) in [5, 5.41) is 43.0. The van der Waals surface area contributed by atoms with Crippen LogP contribution in [-0.2, 0) is 19.0 Å². The maximum atomic E-state index is 13.6. The van der Waals surface area contributed by atoms with E-state index in [1.54, 1.807) is 0 Å². The van der Waals surface area contributed by atoms with E-state index in [1.165, 1.54) is 12.7 Å². The largest absolute Gasteiger partial charge is 0.469 e. The van der Waals surface area contributed by atoms with Gasteiger partial charge in [0, 0.05) is 5.92 Å². The quantitative estimate of drug-likeness (QED) is 0.203. The van der Waals surface area contributed by atoms with Gasteiger partial charge in [0.15, 0.2) is 6.29 Å². The second-order valence-electron chi connectivity index (χ2n) is 17.3. The third-order valence-corrected chi connectivity index (χ3v) is 15.3. The number of rotatable bonds is 3. The summed E-state index contributed by atoms with van der Waals surface area (Å²) >= 11 is 0. The van der Waals surface area contributed by atoms with E-state index < -0.39 is 35.6 Å². The molecule has 1 saturated heterocycles. The van der Waals surface area contributed by atoms with Crippen LogP contribution in [0.25, 0.3) is 0 Å². The molecule has 5 aliphatic carbocycles. The van der Waals surface area contributed by atoms with Gasteiger partial charge in [-0.05, 0) is 104 Å². The second kappa shape index (κ2) is 10.5. The molecule has 1 heterocycles. The molecule has 1 aliphatic heterocycles. The number of hydrogen-bond donors (Lipinski definition) is 4. The molecule has 14 atom stereocenters. The van der Waals surface area contributed by atoms with E-state index in [9.17, 15) is 25.2 Å². The summed E-state index contributed by atoms with van der Waals surface area (Å²) in [6.45, 7) is 16.1. The molecule has 0 unspecified atom stereocenters. The standard InChI is InChI=1S/C36H58O8/c1-20-11-16-36(30(40)42-8)18-17-33(5)21(28(36)35(20,7)41)9-10-24-32(4)14-13-25(31(2,3)23(32)12-15-34(24,33)6)44-29-27(39)26(38)22(37)19-43-29/h9,20,22-29,37-39,41H,10-19H2,1-8H3/t20-,22-,23-,24-,25+,26+,27-,28+,29+,32+,33-,34-,35-,36+/m1/s1. The number of aliphatic hydroxyl groups is 4. The average Bonchev–Trinajstić information content (AvgIpc) is 2.96. The van der Waals surface area contributed by atoms with Crippen molar-refractivity contribution in [3.8, 4) is 0 Å². The molecule has 0 amide bonds. The van der Waals surface area contributed by atoms with Crippen molar-refractivity contribution in [1.29, 1.82) is 0 Å². The lowest BCUT2D eigenvalue weighted by atomic mass is 9.33. The molecular weight excluding hydrogens is 560 g/mol. The molecular formula is C36H58O8. The number of allylic oxidation sites excluding steroid dienone is 1. The molecule has 4 saturated carbocycles. The first kappa shape index (κ1) is 32.9. The van der Waals surface area contributed by atoms with Crippen molar-refractivity contribution in [2.75, 3.05) is 13.7 Å². The van der Waals surface area contributed by atoms with Crippen molar-refractivity contribution in [3.05, 3.63) is 11.6 Å². The third-order valence-electron chi connectivity index (χ3n) is 15.3. The van der Waals surface area contributed by atoms with Crippen LogP contribution >= 0.6 is 0 Å². The van der Waals surface area contributed by atoms with Crippen molar-refractivity contribution in [2.45, 2.75) is 143 Å². The van der Waals surface area contributed by atoms with E-state index in [4.69, 9.17) is 14.2 Å². The molecule has 44 heavy (non-hydrogen) atoms. The Kier molecular flexibility index (Phi) is 7.84. The van der Waals surface area contributed by atoms with E-state index in [-0.39, 0.29) is 52.2 Å². The van der Waals surface area contributed by atoms with E-state index in [1.807, 2.05) is 6.92 Å². The van der Waals surface area contributed by atoms with E-state index in [0.717, 1.165) is 57.8 Å². The van der Waals surface area contributed by atoms with Crippen LogP contribution in [0.3, 0.4) is 0 Å². The minimum absolute atomic E-state index is 0.00801. The van der Waals surface area contributed by atoms with Gasteiger partial charge in [-0.1, -0.05) is 53.2 Å². The molecule has 0 aromatic rings. The Morgan fingerprint density at radius 2 is 1.61 bits per heavy atom. The van der Waals surface area contributed by atoms with Crippen LogP contribution in [0.15, 0.2) is 11.6 Å². The van der Waals surface area contributed by atoms with Crippen LogP contribution in [0.1, 0.15) is 106 Å². The predicted octanol–water partition coefficient (Wildman–Crippen LogP) is 4.76. The molecule has 0 aromatic heterocycles. The Balaban J connectivity index is 1.33. The minimum Gasteiger partial charge on any atom is -0.469 e. The predicted molar refractivity (Wildman–Crippen MR) is 165 cm³/mol. The number of esters is 1. The van der Waals surface area contributed by atoms with Gasteiger partial charge >= 0.3 is 5.97 Å². The summed E-state index contributed by atoms with van der Waals surface area (Å²) in [6.07, 6.45) is 5.76. The van der Waals surface area contributed by atoms with Crippen LogP contribution < -0.4 is 0 Å². The van der Waals surface area contributed by atoms with Gasteiger partial charge < -0.3 is 34.6 Å². The lowest BCUT2D eigenvalue weighted by Gasteiger charge is -2.72. The summed E-state index contributed by atoms with van der Waals surface area (Å²) in [6, 6.07) is 0. The summed E-state index contributed by atoms with van der Waals surface area (Å²) in [4.78, 5) is 13.6. The number of fused-ring (bicyclic) bond motifs is 7. The Labute approximate surface area is 263 Å². The molecule has 0 spiro atoms. The van der Waals surface area contributed by atoms with Crippen molar-refractivity contribution in [3.63, 3.8) is 0 Å². The first-order valence-electron chi connectivity index (χ1n) is 17.2. The number of carbonyl (C=O) groups excluding carboxylic acids is 1. The lowest BCUT2D eigenvalue weighted by Crippen LogP contribution is -2.68. The van der Waals surface area contributed by atoms with Gasteiger partial charge in [0.05, 0.1) is 30.8 Å². The first-order valence-corrected chi connectivity index (χ1v) is 17.2. The number of carbonyl (C=O) groups is 1. The van der Waals surface area contributed by atoms with Crippen molar-refractivity contribution >= 4 is 5.97 Å². The van der Waals surface area contributed by atoms with E-state index in [0.29, 0.717) is 11.8 Å². The molecule has 0 bridgehead atoms. The molecule has 8 nitrogen and oxygen atoms in total. The molecule has 0 radical (unpaired) electrons. The summed E-state index contributed by atoms with van der Waals surface area (Å²) in [5.74, 6) is 0.517. The SMILES string of the molecule is COC(=O)[C@]12CC[C@@H](C)[C@@](C)(O)[C@@H]1C1=CC[C@@H]3[C@@]4(C)CC[C@H](O[C@@H]5OC[C@@H](O)[C@H](O)[C@H]5O)C(C)(C)[C@H]4CC[C@@]3(C)[C@]1(C)CC2. The van der Waals surface area contributed by atoms with Gasteiger partial charge in [-0.15, -0.1) is 0 Å². The van der Waals surface area contributed by atoms with Gasteiger partial charge in [-0.2, -0.15) is 0 Å². The van der Waals surface area contributed by atoms with Gasteiger partial charge in [0.2, 0.25) is 0 Å². The topological polar surface area (TPSA) is 126 Å². The highest BCUT2D eigenvalue weighted by atomic mass is 16.7. The zero-order valence-electron chi connectivity index (χ0n) is 28.3. The fraction of sp³-hybridized carbons (Fsp3) is 0.917. The van der Waals surface area contributed by atoms with Gasteiger partial charge in [-0.25, -0.2) is 0 Å². The number of ether oxygens (including phenoxy) is 3.